The fraction of sp³-hybridized carbons (Fsp3) is 0.500. The Hall–Kier alpha value is -1.20. The lowest BCUT2D eigenvalue weighted by Crippen LogP contribution is -2.32. The maximum absolute atomic E-state index is 9.73. The van der Waals surface area contributed by atoms with Gasteiger partial charge in [-0.1, -0.05) is 36.4 Å². The van der Waals surface area contributed by atoms with Crippen LogP contribution in [0.25, 0.3) is 0 Å². The number of ether oxygens (including phenoxy) is 2. The van der Waals surface area contributed by atoms with E-state index < -0.39 is 6.10 Å². The van der Waals surface area contributed by atoms with E-state index in [0.717, 1.165) is 18.5 Å². The highest BCUT2D eigenvalue weighted by atomic mass is 16.5. The van der Waals surface area contributed by atoms with Crippen LogP contribution in [0.3, 0.4) is 0 Å². The Morgan fingerprint density at radius 2 is 2.00 bits per heavy atom. The van der Waals surface area contributed by atoms with Gasteiger partial charge in [0.05, 0.1) is 32.5 Å². The van der Waals surface area contributed by atoms with E-state index in [1.54, 1.807) is 0 Å². The van der Waals surface area contributed by atoms with Gasteiger partial charge in [0.15, 0.2) is 0 Å². The van der Waals surface area contributed by atoms with Crippen LogP contribution in [-0.2, 0) is 16.1 Å². The van der Waals surface area contributed by atoms with E-state index in [1.807, 2.05) is 36.4 Å². The van der Waals surface area contributed by atoms with E-state index >= 15 is 0 Å². The Kier molecular flexibility index (Phi) is 9.79. The summed E-state index contributed by atoms with van der Waals surface area (Å²) in [5, 5.41) is 12.9. The van der Waals surface area contributed by atoms with Crippen LogP contribution in [0.1, 0.15) is 12.0 Å². The first-order valence-corrected chi connectivity index (χ1v) is 7.02. The van der Waals surface area contributed by atoms with Gasteiger partial charge in [-0.3, -0.25) is 0 Å². The third kappa shape index (κ3) is 8.82. The molecule has 0 aromatic heterocycles. The first kappa shape index (κ1) is 16.9. The number of aliphatic hydroxyl groups is 1. The predicted molar refractivity (Wildman–Crippen MR) is 80.6 cm³/mol. The SMILES string of the molecule is C=CCCOCCNCC(O)COCc1ccccc1. The summed E-state index contributed by atoms with van der Waals surface area (Å²) >= 11 is 0. The predicted octanol–water partition coefficient (Wildman–Crippen LogP) is 1.75. The molecule has 1 aromatic rings. The van der Waals surface area contributed by atoms with Gasteiger partial charge in [0, 0.05) is 13.1 Å². The molecular weight excluding hydrogens is 254 g/mol. The molecule has 1 aromatic carbocycles. The van der Waals surface area contributed by atoms with Gasteiger partial charge in [-0.25, -0.2) is 0 Å². The number of hydrogen-bond acceptors (Lipinski definition) is 4. The van der Waals surface area contributed by atoms with Crippen LogP contribution in [0.15, 0.2) is 43.0 Å². The van der Waals surface area contributed by atoms with Crippen molar-refractivity contribution in [1.82, 2.24) is 5.32 Å². The van der Waals surface area contributed by atoms with Crippen LogP contribution in [0.5, 0.6) is 0 Å². The highest BCUT2D eigenvalue weighted by Gasteiger charge is 2.03. The van der Waals surface area contributed by atoms with Gasteiger partial charge in [-0.2, -0.15) is 0 Å². The monoisotopic (exact) mass is 279 g/mol. The number of benzene rings is 1. The molecule has 0 saturated heterocycles. The van der Waals surface area contributed by atoms with Crippen LogP contribution in [0.4, 0.5) is 0 Å². The normalized spacial score (nSPS) is 12.2. The summed E-state index contributed by atoms with van der Waals surface area (Å²) < 4.78 is 10.8. The Labute approximate surface area is 121 Å². The van der Waals surface area contributed by atoms with Gasteiger partial charge in [-0.15, -0.1) is 6.58 Å². The van der Waals surface area contributed by atoms with Gasteiger partial charge in [-0.05, 0) is 12.0 Å². The second-order valence-electron chi connectivity index (χ2n) is 4.55. The van der Waals surface area contributed by atoms with Crippen molar-refractivity contribution in [2.45, 2.75) is 19.1 Å². The van der Waals surface area contributed by atoms with E-state index in [4.69, 9.17) is 9.47 Å². The number of rotatable bonds is 12. The minimum atomic E-state index is -0.494. The minimum Gasteiger partial charge on any atom is -0.389 e. The summed E-state index contributed by atoms with van der Waals surface area (Å²) in [6.45, 7) is 7.08. The van der Waals surface area contributed by atoms with E-state index in [1.165, 1.54) is 0 Å². The van der Waals surface area contributed by atoms with Crippen molar-refractivity contribution >= 4 is 0 Å². The fourth-order valence-corrected chi connectivity index (χ4v) is 1.63. The Morgan fingerprint density at radius 1 is 1.20 bits per heavy atom. The van der Waals surface area contributed by atoms with Gasteiger partial charge in [0.2, 0.25) is 0 Å². The first-order chi connectivity index (χ1) is 9.83. The van der Waals surface area contributed by atoms with Crippen molar-refractivity contribution in [1.29, 1.82) is 0 Å². The molecule has 0 aliphatic carbocycles. The first-order valence-electron chi connectivity index (χ1n) is 7.02. The summed E-state index contributed by atoms with van der Waals surface area (Å²) in [6, 6.07) is 9.93. The second-order valence-corrected chi connectivity index (χ2v) is 4.55. The van der Waals surface area contributed by atoms with Crippen molar-refractivity contribution in [3.8, 4) is 0 Å². The third-order valence-corrected chi connectivity index (χ3v) is 2.69. The molecule has 4 heteroatoms. The molecule has 0 aliphatic rings. The largest absolute Gasteiger partial charge is 0.389 e. The molecule has 1 unspecified atom stereocenters. The molecular formula is C16H25NO3. The zero-order valence-corrected chi connectivity index (χ0v) is 12.0. The maximum Gasteiger partial charge on any atom is 0.0897 e. The summed E-state index contributed by atoms with van der Waals surface area (Å²) in [5.41, 5.74) is 1.11. The zero-order valence-electron chi connectivity index (χ0n) is 12.0. The fourth-order valence-electron chi connectivity index (χ4n) is 1.63. The molecule has 20 heavy (non-hydrogen) atoms. The molecule has 112 valence electrons. The molecule has 1 atom stereocenters. The highest BCUT2D eigenvalue weighted by Crippen LogP contribution is 2.00. The molecule has 0 radical (unpaired) electrons. The van der Waals surface area contributed by atoms with Gasteiger partial charge in [0.25, 0.3) is 0 Å². The molecule has 0 saturated carbocycles. The van der Waals surface area contributed by atoms with Crippen molar-refractivity contribution in [2.24, 2.45) is 0 Å². The Balaban J connectivity index is 1.92. The number of nitrogens with one attached hydrogen (secondary N) is 1. The summed E-state index contributed by atoms with van der Waals surface area (Å²) in [6.07, 6.45) is 2.21. The lowest BCUT2D eigenvalue weighted by molar-refractivity contribution is 0.0278. The van der Waals surface area contributed by atoms with Crippen LogP contribution >= 0.6 is 0 Å². The van der Waals surface area contributed by atoms with Crippen LogP contribution in [0, 0.1) is 0 Å². The maximum atomic E-state index is 9.73. The Bertz CT molecular complexity index is 343. The van der Waals surface area contributed by atoms with Crippen molar-refractivity contribution < 1.29 is 14.6 Å². The standard InChI is InChI=1S/C16H25NO3/c1-2-3-10-19-11-9-17-12-16(18)14-20-13-15-7-5-4-6-8-15/h2,4-8,16-18H,1,3,9-14H2. The highest BCUT2D eigenvalue weighted by molar-refractivity contribution is 5.13. The molecule has 0 bridgehead atoms. The lowest BCUT2D eigenvalue weighted by Gasteiger charge is -2.12. The number of aliphatic hydroxyl groups excluding tert-OH is 1. The smallest absolute Gasteiger partial charge is 0.0897 e. The molecule has 0 spiro atoms. The van der Waals surface area contributed by atoms with Crippen LogP contribution in [0.2, 0.25) is 0 Å². The topological polar surface area (TPSA) is 50.7 Å². The van der Waals surface area contributed by atoms with Crippen LogP contribution in [-0.4, -0.2) is 44.1 Å². The summed E-state index contributed by atoms with van der Waals surface area (Å²) in [4.78, 5) is 0. The summed E-state index contributed by atoms with van der Waals surface area (Å²) in [7, 11) is 0. The van der Waals surface area contributed by atoms with Crippen molar-refractivity contribution in [3.05, 3.63) is 48.6 Å². The third-order valence-electron chi connectivity index (χ3n) is 2.69. The zero-order chi connectivity index (χ0) is 14.5. The lowest BCUT2D eigenvalue weighted by atomic mass is 10.2. The molecule has 1 rings (SSSR count). The van der Waals surface area contributed by atoms with Crippen LogP contribution < -0.4 is 5.32 Å². The average Bonchev–Trinajstić information content (AvgIpc) is 2.47. The van der Waals surface area contributed by atoms with Gasteiger partial charge < -0.3 is 19.9 Å². The molecule has 4 nitrogen and oxygen atoms in total. The van der Waals surface area contributed by atoms with Crippen molar-refractivity contribution in [3.63, 3.8) is 0 Å². The van der Waals surface area contributed by atoms with E-state index in [0.29, 0.717) is 33.0 Å². The Morgan fingerprint density at radius 3 is 2.75 bits per heavy atom. The van der Waals surface area contributed by atoms with Gasteiger partial charge in [0.1, 0.15) is 0 Å². The van der Waals surface area contributed by atoms with Gasteiger partial charge >= 0.3 is 0 Å². The minimum absolute atomic E-state index is 0.333. The molecule has 0 heterocycles. The molecule has 2 N–H and O–H groups in total. The van der Waals surface area contributed by atoms with Crippen molar-refractivity contribution in [2.75, 3.05) is 32.9 Å². The quantitative estimate of drug-likeness (QED) is 0.452. The molecule has 0 fully saturated rings. The average molecular weight is 279 g/mol. The second kappa shape index (κ2) is 11.6. The molecule has 0 amide bonds. The summed E-state index contributed by atoms with van der Waals surface area (Å²) in [5.74, 6) is 0. The number of hydrogen-bond donors (Lipinski definition) is 2. The van der Waals surface area contributed by atoms with E-state index in [2.05, 4.69) is 11.9 Å². The van der Waals surface area contributed by atoms with E-state index in [-0.39, 0.29) is 0 Å². The molecule has 0 aliphatic heterocycles. The van der Waals surface area contributed by atoms with E-state index in [9.17, 15) is 5.11 Å².